The van der Waals surface area contributed by atoms with Gasteiger partial charge >= 0.3 is 5.97 Å². The zero-order valence-electron chi connectivity index (χ0n) is 10.2. The Morgan fingerprint density at radius 2 is 1.71 bits per heavy atom. The number of hydrogen-bond acceptors (Lipinski definition) is 3. The largest absolute Gasteiger partial charge is 0.508 e. The third kappa shape index (κ3) is 2.84. The summed E-state index contributed by atoms with van der Waals surface area (Å²) in [6.07, 6.45) is -0.182. The topological polar surface area (TPSA) is 74.6 Å². The molecule has 1 aromatic rings. The number of rotatable bonds is 4. The molecule has 0 aliphatic carbocycles. The average Bonchev–Trinajstić information content (AvgIpc) is 2.23. The number of phenols is 1. The molecule has 0 unspecified atom stereocenters. The minimum absolute atomic E-state index is 0.0127. The minimum atomic E-state index is -0.982. The van der Waals surface area contributed by atoms with Crippen molar-refractivity contribution in [1.29, 1.82) is 0 Å². The molecule has 0 fully saturated rings. The molecule has 0 radical (unpaired) electrons. The van der Waals surface area contributed by atoms with Gasteiger partial charge in [0.1, 0.15) is 5.75 Å². The number of aryl methyl sites for hydroxylation is 1. The third-order valence-corrected chi connectivity index (χ3v) is 2.91. The van der Waals surface area contributed by atoms with E-state index in [2.05, 4.69) is 0 Å². The molecule has 0 heterocycles. The molecule has 0 saturated carbocycles. The van der Waals surface area contributed by atoms with Gasteiger partial charge in [0.2, 0.25) is 0 Å². The molecule has 0 saturated heterocycles. The molecule has 4 heteroatoms. The van der Waals surface area contributed by atoms with Crippen molar-refractivity contribution in [3.63, 3.8) is 0 Å². The number of carbonyl (C=O) groups is 2. The smallest absolute Gasteiger partial charge is 0.303 e. The zero-order chi connectivity index (χ0) is 13.2. The summed E-state index contributed by atoms with van der Waals surface area (Å²) >= 11 is 0. The lowest BCUT2D eigenvalue weighted by Crippen LogP contribution is -2.08. The number of Topliss-reactive ketones (excluding diaryl/α,β-unsaturated/α-hetero) is 1. The number of aromatic hydroxyl groups is 1. The molecule has 0 aliphatic heterocycles. The first-order valence-corrected chi connectivity index (χ1v) is 5.39. The van der Waals surface area contributed by atoms with Gasteiger partial charge in [0.05, 0.1) is 6.42 Å². The summed E-state index contributed by atoms with van der Waals surface area (Å²) in [4.78, 5) is 22.3. The van der Waals surface area contributed by atoms with Crippen molar-refractivity contribution in [3.05, 3.63) is 28.3 Å². The number of carboxylic acid groups (broad SMARTS) is 1. The van der Waals surface area contributed by atoms with Gasteiger partial charge in [0.25, 0.3) is 0 Å². The number of ketones is 1. The number of benzene rings is 1. The fourth-order valence-corrected chi connectivity index (χ4v) is 1.84. The Balaban J connectivity index is 3.10. The molecule has 2 N–H and O–H groups in total. The van der Waals surface area contributed by atoms with Crippen LogP contribution in [0.2, 0.25) is 0 Å². The van der Waals surface area contributed by atoms with Gasteiger partial charge in [-0.05, 0) is 43.5 Å². The molecule has 0 aromatic heterocycles. The first-order valence-electron chi connectivity index (χ1n) is 5.39. The Morgan fingerprint density at radius 3 is 2.24 bits per heavy atom. The molecule has 1 rings (SSSR count). The van der Waals surface area contributed by atoms with Crippen molar-refractivity contribution in [1.82, 2.24) is 0 Å². The van der Waals surface area contributed by atoms with E-state index in [1.165, 1.54) is 6.07 Å². The van der Waals surface area contributed by atoms with Crippen LogP contribution in [-0.4, -0.2) is 22.0 Å². The van der Waals surface area contributed by atoms with Gasteiger partial charge in [0.15, 0.2) is 5.78 Å². The van der Waals surface area contributed by atoms with E-state index in [1.807, 2.05) is 0 Å². The van der Waals surface area contributed by atoms with E-state index >= 15 is 0 Å². The maximum atomic E-state index is 11.9. The first-order chi connectivity index (χ1) is 7.84. The molecule has 0 amide bonds. The van der Waals surface area contributed by atoms with Crippen LogP contribution in [0, 0.1) is 20.8 Å². The number of aliphatic carboxylic acids is 1. The fraction of sp³-hybridized carbons (Fsp3) is 0.385. The van der Waals surface area contributed by atoms with Crippen LogP contribution in [0.3, 0.4) is 0 Å². The second-order valence-corrected chi connectivity index (χ2v) is 4.15. The normalized spacial score (nSPS) is 10.3. The SMILES string of the molecule is Cc1cc(O)c(C)c(C)c1C(=O)CCC(=O)O. The van der Waals surface area contributed by atoms with E-state index < -0.39 is 5.97 Å². The maximum absolute atomic E-state index is 11.9. The van der Waals surface area contributed by atoms with Gasteiger partial charge in [0, 0.05) is 12.0 Å². The predicted octanol–water partition coefficient (Wildman–Crippen LogP) is 2.36. The Bertz CT molecular complexity index is 475. The van der Waals surface area contributed by atoms with Crippen molar-refractivity contribution in [2.24, 2.45) is 0 Å². The highest BCUT2D eigenvalue weighted by molar-refractivity contribution is 6.00. The standard InChI is InChI=1S/C13H16O4/c1-7-6-11(15)8(2)9(3)13(7)10(14)4-5-12(16)17/h6,15H,4-5H2,1-3H3,(H,16,17). The Kier molecular flexibility index (Phi) is 3.89. The monoisotopic (exact) mass is 236 g/mol. The number of hydrogen-bond donors (Lipinski definition) is 2. The Morgan fingerprint density at radius 1 is 1.12 bits per heavy atom. The minimum Gasteiger partial charge on any atom is -0.508 e. The molecule has 1 aromatic carbocycles. The summed E-state index contributed by atoms with van der Waals surface area (Å²) in [6, 6.07) is 1.54. The van der Waals surface area contributed by atoms with Crippen molar-refractivity contribution in [2.45, 2.75) is 33.6 Å². The van der Waals surface area contributed by atoms with Gasteiger partial charge in [-0.15, -0.1) is 0 Å². The van der Waals surface area contributed by atoms with E-state index in [0.29, 0.717) is 16.7 Å². The van der Waals surface area contributed by atoms with Gasteiger partial charge in [-0.1, -0.05) is 0 Å². The number of carbonyl (C=O) groups excluding carboxylic acids is 1. The van der Waals surface area contributed by atoms with Crippen LogP contribution in [-0.2, 0) is 4.79 Å². The van der Waals surface area contributed by atoms with Crippen LogP contribution in [0.1, 0.15) is 39.9 Å². The summed E-state index contributed by atoms with van der Waals surface area (Å²) in [5.74, 6) is -1.01. The van der Waals surface area contributed by atoms with Crippen molar-refractivity contribution < 1.29 is 19.8 Å². The lowest BCUT2D eigenvalue weighted by Gasteiger charge is -2.12. The highest BCUT2D eigenvalue weighted by atomic mass is 16.4. The van der Waals surface area contributed by atoms with Crippen LogP contribution < -0.4 is 0 Å². The van der Waals surface area contributed by atoms with E-state index in [1.54, 1.807) is 20.8 Å². The van der Waals surface area contributed by atoms with Crippen LogP contribution in [0.25, 0.3) is 0 Å². The summed E-state index contributed by atoms with van der Waals surface area (Å²) in [5, 5.41) is 18.2. The first kappa shape index (κ1) is 13.2. The summed E-state index contributed by atoms with van der Waals surface area (Å²) in [7, 11) is 0. The second kappa shape index (κ2) is 4.99. The lowest BCUT2D eigenvalue weighted by atomic mass is 9.93. The van der Waals surface area contributed by atoms with Crippen LogP contribution in [0.4, 0.5) is 0 Å². The molecule has 0 spiro atoms. The summed E-state index contributed by atoms with van der Waals surface area (Å²) in [5.41, 5.74) is 2.59. The molecule has 4 nitrogen and oxygen atoms in total. The molecule has 17 heavy (non-hydrogen) atoms. The van der Waals surface area contributed by atoms with Gasteiger partial charge < -0.3 is 10.2 Å². The fourth-order valence-electron chi connectivity index (χ4n) is 1.84. The van der Waals surface area contributed by atoms with E-state index in [0.717, 1.165) is 5.56 Å². The molecule has 92 valence electrons. The molecule has 0 aliphatic rings. The number of phenolic OH excluding ortho intramolecular Hbond substituents is 1. The summed E-state index contributed by atoms with van der Waals surface area (Å²) < 4.78 is 0. The zero-order valence-corrected chi connectivity index (χ0v) is 10.2. The molecular formula is C13H16O4. The highest BCUT2D eigenvalue weighted by Gasteiger charge is 2.16. The second-order valence-electron chi connectivity index (χ2n) is 4.15. The maximum Gasteiger partial charge on any atom is 0.303 e. The van der Waals surface area contributed by atoms with E-state index in [9.17, 15) is 14.7 Å². The molecule has 0 bridgehead atoms. The van der Waals surface area contributed by atoms with Crippen LogP contribution in [0.15, 0.2) is 6.07 Å². The Labute approximate surface area is 99.9 Å². The van der Waals surface area contributed by atoms with Gasteiger partial charge in [-0.3, -0.25) is 9.59 Å². The van der Waals surface area contributed by atoms with Crippen molar-refractivity contribution in [3.8, 4) is 5.75 Å². The number of carboxylic acids is 1. The molecular weight excluding hydrogens is 220 g/mol. The van der Waals surface area contributed by atoms with E-state index in [-0.39, 0.29) is 24.4 Å². The summed E-state index contributed by atoms with van der Waals surface area (Å²) in [6.45, 7) is 5.23. The third-order valence-electron chi connectivity index (χ3n) is 2.91. The quantitative estimate of drug-likeness (QED) is 0.787. The van der Waals surface area contributed by atoms with Crippen molar-refractivity contribution in [2.75, 3.05) is 0 Å². The van der Waals surface area contributed by atoms with Gasteiger partial charge in [-0.25, -0.2) is 0 Å². The predicted molar refractivity (Wildman–Crippen MR) is 63.5 cm³/mol. The molecule has 0 atom stereocenters. The highest BCUT2D eigenvalue weighted by Crippen LogP contribution is 2.27. The lowest BCUT2D eigenvalue weighted by molar-refractivity contribution is -0.136. The van der Waals surface area contributed by atoms with E-state index in [4.69, 9.17) is 5.11 Å². The van der Waals surface area contributed by atoms with Crippen LogP contribution >= 0.6 is 0 Å². The Hall–Kier alpha value is -1.84. The average molecular weight is 236 g/mol. The van der Waals surface area contributed by atoms with Crippen LogP contribution in [0.5, 0.6) is 5.75 Å². The van der Waals surface area contributed by atoms with Gasteiger partial charge in [-0.2, -0.15) is 0 Å². The van der Waals surface area contributed by atoms with Crippen molar-refractivity contribution >= 4 is 11.8 Å².